The Bertz CT molecular complexity index is 999. The molecule has 2 aromatic rings. The fourth-order valence-electron chi connectivity index (χ4n) is 3.94. The van der Waals surface area contributed by atoms with Crippen LogP contribution in [0, 0.1) is 0 Å². The number of rotatable bonds is 9. The number of amides is 2. The van der Waals surface area contributed by atoms with Crippen molar-refractivity contribution in [3.63, 3.8) is 0 Å². The molecule has 1 saturated carbocycles. The summed E-state index contributed by atoms with van der Waals surface area (Å²) in [6.07, 6.45) is 4.59. The zero-order valence-corrected chi connectivity index (χ0v) is 22.1. The van der Waals surface area contributed by atoms with Gasteiger partial charge in [-0.25, -0.2) is 0 Å². The molecular formula is C24H26BrCl3N2O3. The van der Waals surface area contributed by atoms with Gasteiger partial charge in [0.1, 0.15) is 11.8 Å². The zero-order chi connectivity index (χ0) is 24.0. The third kappa shape index (κ3) is 7.25. The number of nitrogens with one attached hydrogen (secondary N) is 1. The Hall–Kier alpha value is -1.47. The molecule has 2 aromatic carbocycles. The predicted octanol–water partition coefficient (Wildman–Crippen LogP) is 6.65. The first-order valence-electron chi connectivity index (χ1n) is 10.9. The van der Waals surface area contributed by atoms with E-state index < -0.39 is 6.04 Å². The lowest BCUT2D eigenvalue weighted by atomic mass is 10.1. The third-order valence-corrected chi connectivity index (χ3v) is 7.06. The summed E-state index contributed by atoms with van der Waals surface area (Å²) in [6, 6.07) is 9.75. The summed E-state index contributed by atoms with van der Waals surface area (Å²) in [5.41, 5.74) is 0.697. The van der Waals surface area contributed by atoms with E-state index >= 15 is 0 Å². The van der Waals surface area contributed by atoms with Gasteiger partial charge in [-0.05, 0) is 55.2 Å². The van der Waals surface area contributed by atoms with Crippen LogP contribution in [-0.4, -0.2) is 35.4 Å². The lowest BCUT2D eigenvalue weighted by Crippen LogP contribution is -2.52. The largest absolute Gasteiger partial charge is 0.482 e. The second-order valence-electron chi connectivity index (χ2n) is 8.03. The summed E-state index contributed by atoms with van der Waals surface area (Å²) in [5.74, 6) is -0.112. The molecule has 0 spiro atoms. The van der Waals surface area contributed by atoms with Crippen LogP contribution in [0.15, 0.2) is 40.9 Å². The highest BCUT2D eigenvalue weighted by Gasteiger charge is 2.31. The number of ether oxygens (including phenoxy) is 1. The van der Waals surface area contributed by atoms with E-state index in [2.05, 4.69) is 21.2 Å². The normalized spacial score (nSPS) is 14.7. The van der Waals surface area contributed by atoms with Crippen LogP contribution in [0.25, 0.3) is 0 Å². The quantitative estimate of drug-likeness (QED) is 0.364. The number of nitrogens with zero attached hydrogens (tertiary/aromatic N) is 1. The first-order valence-corrected chi connectivity index (χ1v) is 12.8. The van der Waals surface area contributed by atoms with Gasteiger partial charge < -0.3 is 15.0 Å². The summed E-state index contributed by atoms with van der Waals surface area (Å²) in [4.78, 5) is 28.0. The predicted molar refractivity (Wildman–Crippen MR) is 136 cm³/mol. The van der Waals surface area contributed by atoms with E-state index in [4.69, 9.17) is 39.5 Å². The Morgan fingerprint density at radius 1 is 1.12 bits per heavy atom. The van der Waals surface area contributed by atoms with Crippen LogP contribution < -0.4 is 10.1 Å². The van der Waals surface area contributed by atoms with E-state index in [1.165, 1.54) is 4.90 Å². The first kappa shape index (κ1) is 26.1. The average molecular weight is 577 g/mol. The molecule has 9 heteroatoms. The van der Waals surface area contributed by atoms with Crippen molar-refractivity contribution in [2.75, 3.05) is 6.61 Å². The molecule has 0 saturated heterocycles. The van der Waals surface area contributed by atoms with E-state index in [1.807, 2.05) is 6.92 Å². The minimum absolute atomic E-state index is 0.153. The second-order valence-corrected chi connectivity index (χ2v) is 10.2. The number of halogens is 4. The van der Waals surface area contributed by atoms with Crippen molar-refractivity contribution in [1.82, 2.24) is 10.2 Å². The highest BCUT2D eigenvalue weighted by Crippen LogP contribution is 2.28. The van der Waals surface area contributed by atoms with Crippen LogP contribution in [0.2, 0.25) is 15.1 Å². The summed E-state index contributed by atoms with van der Waals surface area (Å²) < 4.78 is 6.51. The molecule has 2 amide bonds. The number of carbonyl (C=O) groups is 2. The lowest BCUT2D eigenvalue weighted by molar-refractivity contribution is -0.143. The van der Waals surface area contributed by atoms with E-state index in [1.54, 1.807) is 36.4 Å². The van der Waals surface area contributed by atoms with Crippen molar-refractivity contribution in [2.45, 2.75) is 57.7 Å². The van der Waals surface area contributed by atoms with E-state index in [9.17, 15) is 9.59 Å². The molecule has 0 heterocycles. The fourth-order valence-corrected chi connectivity index (χ4v) is 5.13. The second kappa shape index (κ2) is 12.3. The zero-order valence-electron chi connectivity index (χ0n) is 18.3. The number of hydrogen-bond donors (Lipinski definition) is 1. The van der Waals surface area contributed by atoms with Crippen LogP contribution in [0.4, 0.5) is 0 Å². The van der Waals surface area contributed by atoms with Crippen molar-refractivity contribution in [3.8, 4) is 5.75 Å². The van der Waals surface area contributed by atoms with Gasteiger partial charge in [-0.2, -0.15) is 0 Å². The highest BCUT2D eigenvalue weighted by atomic mass is 79.9. The van der Waals surface area contributed by atoms with E-state index in [-0.39, 0.29) is 31.0 Å². The molecule has 1 atom stereocenters. The lowest BCUT2D eigenvalue weighted by Gasteiger charge is -2.31. The molecule has 1 aliphatic carbocycles. The van der Waals surface area contributed by atoms with Crippen LogP contribution in [0.5, 0.6) is 5.75 Å². The summed E-state index contributed by atoms with van der Waals surface area (Å²) in [5, 5.41) is 4.43. The molecule has 33 heavy (non-hydrogen) atoms. The third-order valence-electron chi connectivity index (χ3n) is 5.69. The Labute approximate surface area is 217 Å². The molecule has 0 aliphatic heterocycles. The molecule has 0 aromatic heterocycles. The van der Waals surface area contributed by atoms with Gasteiger partial charge >= 0.3 is 0 Å². The monoisotopic (exact) mass is 574 g/mol. The van der Waals surface area contributed by atoms with E-state index in [0.29, 0.717) is 32.8 Å². The van der Waals surface area contributed by atoms with Gasteiger partial charge in [0.2, 0.25) is 5.91 Å². The van der Waals surface area contributed by atoms with Gasteiger partial charge in [-0.1, -0.05) is 76.6 Å². The minimum atomic E-state index is -0.658. The minimum Gasteiger partial charge on any atom is -0.482 e. The Morgan fingerprint density at radius 2 is 1.85 bits per heavy atom. The molecule has 3 rings (SSSR count). The molecule has 0 bridgehead atoms. The van der Waals surface area contributed by atoms with Crippen molar-refractivity contribution >= 4 is 62.5 Å². The molecule has 178 valence electrons. The van der Waals surface area contributed by atoms with Crippen molar-refractivity contribution in [3.05, 3.63) is 61.5 Å². The molecule has 1 aliphatic rings. The number of hydrogen-bond acceptors (Lipinski definition) is 3. The maximum absolute atomic E-state index is 13.3. The summed E-state index contributed by atoms with van der Waals surface area (Å²) in [7, 11) is 0. The maximum atomic E-state index is 13.3. The number of carbonyl (C=O) groups excluding carboxylic acids is 2. The van der Waals surface area contributed by atoms with Gasteiger partial charge in [0.25, 0.3) is 5.91 Å². The topological polar surface area (TPSA) is 58.6 Å². The van der Waals surface area contributed by atoms with Gasteiger partial charge in [-0.3, -0.25) is 9.59 Å². The maximum Gasteiger partial charge on any atom is 0.261 e. The van der Waals surface area contributed by atoms with Crippen LogP contribution >= 0.6 is 50.7 Å². The van der Waals surface area contributed by atoms with Crippen LogP contribution in [0.1, 0.15) is 44.6 Å². The van der Waals surface area contributed by atoms with Crippen molar-refractivity contribution in [2.24, 2.45) is 0 Å². The van der Waals surface area contributed by atoms with Gasteiger partial charge in [0.05, 0.1) is 5.02 Å². The summed E-state index contributed by atoms with van der Waals surface area (Å²) in [6.45, 7) is 1.78. The Kier molecular flexibility index (Phi) is 9.74. The fraction of sp³-hybridized carbons (Fsp3) is 0.417. The molecule has 0 unspecified atom stereocenters. The van der Waals surface area contributed by atoms with E-state index in [0.717, 1.165) is 30.2 Å². The standard InChI is InChI=1S/C24H26BrCl3N2O3/c1-2-21(24(32)29-18-5-3-4-6-18)30(13-15-7-9-17(26)12-19(15)27)23(31)14-33-22-10-8-16(25)11-20(22)28/h7-12,18,21H,2-6,13-14H2,1H3,(H,29,32)/t21-/m0/s1. The smallest absolute Gasteiger partial charge is 0.261 e. The molecule has 1 N–H and O–H groups in total. The Morgan fingerprint density at radius 3 is 2.48 bits per heavy atom. The van der Waals surface area contributed by atoms with Crippen LogP contribution in [-0.2, 0) is 16.1 Å². The van der Waals surface area contributed by atoms with Gasteiger partial charge in [0, 0.05) is 27.1 Å². The molecule has 5 nitrogen and oxygen atoms in total. The highest BCUT2D eigenvalue weighted by molar-refractivity contribution is 9.10. The number of benzene rings is 2. The molecular weight excluding hydrogens is 551 g/mol. The van der Waals surface area contributed by atoms with Gasteiger partial charge in [0.15, 0.2) is 6.61 Å². The molecule has 0 radical (unpaired) electrons. The van der Waals surface area contributed by atoms with Crippen molar-refractivity contribution in [1.29, 1.82) is 0 Å². The van der Waals surface area contributed by atoms with Crippen molar-refractivity contribution < 1.29 is 14.3 Å². The average Bonchev–Trinajstić information content (AvgIpc) is 3.27. The SMILES string of the molecule is CC[C@@H](C(=O)NC1CCCC1)N(Cc1ccc(Cl)cc1Cl)C(=O)COc1ccc(Br)cc1Cl. The molecule has 1 fully saturated rings. The first-order chi connectivity index (χ1) is 15.8. The van der Waals surface area contributed by atoms with Crippen LogP contribution in [0.3, 0.4) is 0 Å². The van der Waals surface area contributed by atoms with Gasteiger partial charge in [-0.15, -0.1) is 0 Å². The Balaban J connectivity index is 1.80. The summed E-state index contributed by atoms with van der Waals surface area (Å²) >= 11 is 22.0.